The fraction of sp³-hybridized carbons (Fsp3) is 0.543. The average molecular weight is 703 g/mol. The second-order valence-corrected chi connectivity index (χ2v) is 13.6. The standard InChI is InChI=1S/C35H44FN7O3.2ClH/c1-4-43(23(2)3)34(44)27-15-24(36)5-6-30(27)46-32-18-37-22-40-33(32)42-20-35(21-42)16-26(17-35)45-31-8-12-39-29-10-14-41(19-28(29)31)13-9-25-7-11-38-25;;/h5-6,8,12,15,18,22-23,25-26,38H,4,7,9-11,13-14,16-17,19-21H2,1-3H3;2*1H/t25-;;/m1../s1. The third-order valence-electron chi connectivity index (χ3n) is 10.1. The number of benzene rings is 1. The number of hydrogen-bond acceptors (Lipinski definition) is 9. The van der Waals surface area contributed by atoms with Crippen molar-refractivity contribution < 1.29 is 18.7 Å². The van der Waals surface area contributed by atoms with Crippen molar-refractivity contribution in [3.05, 3.63) is 65.6 Å². The van der Waals surface area contributed by atoms with E-state index in [1.807, 2.05) is 33.0 Å². The average Bonchev–Trinajstić information content (AvgIpc) is 2.98. The van der Waals surface area contributed by atoms with E-state index in [9.17, 15) is 9.18 Å². The third kappa shape index (κ3) is 7.34. The highest BCUT2D eigenvalue weighted by Crippen LogP contribution is 2.52. The Balaban J connectivity index is 0.00000225. The molecule has 1 N–H and O–H groups in total. The highest BCUT2D eigenvalue weighted by Gasteiger charge is 2.54. The summed E-state index contributed by atoms with van der Waals surface area (Å²) in [4.78, 5) is 33.2. The Morgan fingerprint density at radius 1 is 1.15 bits per heavy atom. The van der Waals surface area contributed by atoms with E-state index in [1.54, 1.807) is 11.1 Å². The van der Waals surface area contributed by atoms with Crippen molar-refractivity contribution in [3.8, 4) is 17.2 Å². The van der Waals surface area contributed by atoms with Gasteiger partial charge in [0.05, 0.1) is 11.8 Å². The second kappa shape index (κ2) is 15.1. The molecule has 3 aromatic rings. The summed E-state index contributed by atoms with van der Waals surface area (Å²) in [7, 11) is 0. The van der Waals surface area contributed by atoms with Crippen LogP contribution < -0.4 is 19.7 Å². The van der Waals surface area contributed by atoms with Gasteiger partial charge in [0.25, 0.3) is 5.91 Å². The van der Waals surface area contributed by atoms with Crippen LogP contribution in [0, 0.1) is 11.2 Å². The normalized spacial score (nSPS) is 19.6. The highest BCUT2D eigenvalue weighted by atomic mass is 35.5. The van der Waals surface area contributed by atoms with E-state index in [4.69, 9.17) is 9.47 Å². The summed E-state index contributed by atoms with van der Waals surface area (Å²) in [5.74, 6) is 1.62. The first-order chi connectivity index (χ1) is 22.3. The molecule has 0 bridgehead atoms. The van der Waals surface area contributed by atoms with Gasteiger partial charge in [0.15, 0.2) is 11.6 Å². The number of ether oxygens (including phenoxy) is 2. The number of nitrogens with one attached hydrogen (secondary N) is 1. The van der Waals surface area contributed by atoms with E-state index in [-0.39, 0.29) is 59.6 Å². The fourth-order valence-electron chi connectivity index (χ4n) is 7.44. The number of aromatic nitrogens is 3. The number of pyridine rings is 1. The lowest BCUT2D eigenvalue weighted by Crippen LogP contribution is -2.65. The van der Waals surface area contributed by atoms with Crippen LogP contribution in [-0.2, 0) is 13.0 Å². The predicted octanol–water partition coefficient (Wildman–Crippen LogP) is 5.68. The number of fused-ring (bicyclic) bond motifs is 1. The minimum atomic E-state index is -0.488. The van der Waals surface area contributed by atoms with Gasteiger partial charge in [0.1, 0.15) is 29.7 Å². The SMILES string of the molecule is CCN(C(=O)c1cc(F)ccc1Oc1cncnc1N1CC2(CC(Oc3ccnc4c3CN(CC[C@H]3CCN3)CC4)C2)C1)C(C)C.Cl.Cl. The second-order valence-electron chi connectivity index (χ2n) is 13.6. The first-order valence-electron chi connectivity index (χ1n) is 16.7. The van der Waals surface area contributed by atoms with Gasteiger partial charge >= 0.3 is 0 Å². The molecule has 1 saturated carbocycles. The molecular formula is C35H46Cl2FN7O3. The first-order valence-corrected chi connectivity index (χ1v) is 16.7. The number of carbonyl (C=O) groups excluding carboxylic acids is 1. The van der Waals surface area contributed by atoms with Crippen LogP contribution in [0.25, 0.3) is 0 Å². The summed E-state index contributed by atoms with van der Waals surface area (Å²) in [5, 5.41) is 3.51. The quantitative estimate of drug-likeness (QED) is 0.271. The minimum absolute atomic E-state index is 0. The molecule has 13 heteroatoms. The fourth-order valence-corrected chi connectivity index (χ4v) is 7.44. The molecule has 3 fully saturated rings. The van der Waals surface area contributed by atoms with Crippen molar-refractivity contribution >= 4 is 36.5 Å². The molecule has 0 unspecified atom stereocenters. The largest absolute Gasteiger partial charge is 0.490 e. The molecule has 1 aliphatic carbocycles. The molecule has 10 nitrogen and oxygen atoms in total. The van der Waals surface area contributed by atoms with Gasteiger partial charge in [-0.3, -0.25) is 14.7 Å². The molecule has 7 rings (SSSR count). The molecular weight excluding hydrogens is 656 g/mol. The molecule has 0 radical (unpaired) electrons. The number of hydrogen-bond donors (Lipinski definition) is 1. The van der Waals surface area contributed by atoms with Gasteiger partial charge < -0.3 is 24.6 Å². The molecule has 4 aliphatic rings. The van der Waals surface area contributed by atoms with E-state index in [0.29, 0.717) is 24.2 Å². The first kappa shape index (κ1) is 36.0. The van der Waals surface area contributed by atoms with Crippen LogP contribution in [-0.4, -0.2) is 88.1 Å². The smallest absolute Gasteiger partial charge is 0.257 e. The van der Waals surface area contributed by atoms with E-state index in [1.165, 1.54) is 48.6 Å². The Morgan fingerprint density at radius 3 is 2.65 bits per heavy atom. The number of anilines is 1. The van der Waals surface area contributed by atoms with Crippen molar-refractivity contribution in [2.45, 2.75) is 77.6 Å². The van der Waals surface area contributed by atoms with Gasteiger partial charge in [-0.15, -0.1) is 24.8 Å². The lowest BCUT2D eigenvalue weighted by molar-refractivity contribution is -0.0352. The monoisotopic (exact) mass is 701 g/mol. The van der Waals surface area contributed by atoms with Crippen LogP contribution in [0.4, 0.5) is 10.2 Å². The van der Waals surface area contributed by atoms with Crippen molar-refractivity contribution in [1.29, 1.82) is 0 Å². The van der Waals surface area contributed by atoms with Crippen molar-refractivity contribution in [3.63, 3.8) is 0 Å². The van der Waals surface area contributed by atoms with E-state index in [2.05, 4.69) is 30.1 Å². The van der Waals surface area contributed by atoms with Crippen molar-refractivity contribution in [2.24, 2.45) is 5.41 Å². The van der Waals surface area contributed by atoms with Gasteiger partial charge in [0.2, 0.25) is 0 Å². The molecule has 1 aromatic carbocycles. The van der Waals surface area contributed by atoms with Crippen LogP contribution in [0.15, 0.2) is 43.0 Å². The van der Waals surface area contributed by atoms with E-state index >= 15 is 0 Å². The lowest BCUT2D eigenvalue weighted by Gasteiger charge is -2.59. The molecule has 2 aromatic heterocycles. The zero-order valence-electron chi connectivity index (χ0n) is 27.9. The molecule has 48 heavy (non-hydrogen) atoms. The van der Waals surface area contributed by atoms with Crippen LogP contribution in [0.1, 0.15) is 68.1 Å². The Kier molecular flexibility index (Phi) is 11.3. The van der Waals surface area contributed by atoms with Gasteiger partial charge in [-0.2, -0.15) is 0 Å². The Labute approximate surface area is 294 Å². The molecule has 1 atom stereocenters. The van der Waals surface area contributed by atoms with Gasteiger partial charge in [-0.05, 0) is 83.8 Å². The molecule has 1 amide bonds. The maximum absolute atomic E-state index is 14.3. The number of amides is 1. The van der Waals surface area contributed by atoms with Gasteiger partial charge in [-0.1, -0.05) is 0 Å². The zero-order chi connectivity index (χ0) is 31.8. The molecule has 260 valence electrons. The molecule has 3 aliphatic heterocycles. The van der Waals surface area contributed by atoms with E-state index < -0.39 is 5.82 Å². The van der Waals surface area contributed by atoms with Gasteiger partial charge in [-0.25, -0.2) is 14.4 Å². The third-order valence-corrected chi connectivity index (χ3v) is 10.1. The summed E-state index contributed by atoms with van der Waals surface area (Å²) in [6, 6.07) is 6.72. The van der Waals surface area contributed by atoms with E-state index in [0.717, 1.165) is 64.3 Å². The van der Waals surface area contributed by atoms with Crippen LogP contribution in [0.2, 0.25) is 0 Å². The number of carbonyl (C=O) groups is 1. The van der Waals surface area contributed by atoms with Crippen molar-refractivity contribution in [2.75, 3.05) is 44.2 Å². The summed E-state index contributed by atoms with van der Waals surface area (Å²) >= 11 is 0. The molecule has 5 heterocycles. The Bertz CT molecular complexity index is 1580. The summed E-state index contributed by atoms with van der Waals surface area (Å²) in [6.45, 7) is 12.2. The predicted molar refractivity (Wildman–Crippen MR) is 187 cm³/mol. The number of halogens is 3. The van der Waals surface area contributed by atoms with Gasteiger partial charge in [0, 0.05) is 74.1 Å². The molecule has 1 spiro atoms. The lowest BCUT2D eigenvalue weighted by atomic mass is 9.61. The highest BCUT2D eigenvalue weighted by molar-refractivity contribution is 5.97. The molecule has 2 saturated heterocycles. The maximum Gasteiger partial charge on any atom is 0.257 e. The van der Waals surface area contributed by atoms with Crippen molar-refractivity contribution in [1.82, 2.24) is 30.1 Å². The zero-order valence-corrected chi connectivity index (χ0v) is 29.5. The summed E-state index contributed by atoms with van der Waals surface area (Å²) in [6.07, 6.45) is 10.6. The Morgan fingerprint density at radius 2 is 1.94 bits per heavy atom. The van der Waals surface area contributed by atoms with Crippen LogP contribution >= 0.6 is 24.8 Å². The minimum Gasteiger partial charge on any atom is -0.490 e. The van der Waals surface area contributed by atoms with Crippen LogP contribution in [0.5, 0.6) is 17.2 Å². The topological polar surface area (TPSA) is 96.0 Å². The number of nitrogens with zero attached hydrogens (tertiary/aromatic N) is 6. The Hall–Kier alpha value is -3.25. The number of rotatable bonds is 11. The summed E-state index contributed by atoms with van der Waals surface area (Å²) in [5.41, 5.74) is 2.79. The summed E-state index contributed by atoms with van der Waals surface area (Å²) < 4.78 is 27.1. The maximum atomic E-state index is 14.3. The van der Waals surface area contributed by atoms with Crippen LogP contribution in [0.3, 0.4) is 0 Å².